The van der Waals surface area contributed by atoms with Crippen molar-refractivity contribution in [2.24, 2.45) is 0 Å². The van der Waals surface area contributed by atoms with Crippen LogP contribution in [-0.2, 0) is 0 Å². The van der Waals surface area contributed by atoms with Gasteiger partial charge in [-0.2, -0.15) is 5.48 Å². The standard InChI is InChI=1S/C7H8BrNO/c1-9-10-7-4-2-3-6(8)5-7/h2-5,9H,1H3. The molecule has 0 saturated heterocycles. The van der Waals surface area contributed by atoms with Crippen LogP contribution in [0.1, 0.15) is 0 Å². The third kappa shape index (κ3) is 2.01. The topological polar surface area (TPSA) is 21.3 Å². The molecule has 0 unspecified atom stereocenters. The van der Waals surface area contributed by atoms with Crippen molar-refractivity contribution >= 4 is 15.9 Å². The maximum atomic E-state index is 5.01. The Morgan fingerprint density at radius 2 is 2.30 bits per heavy atom. The maximum Gasteiger partial charge on any atom is 0.148 e. The predicted octanol–water partition coefficient (Wildman–Crippen LogP) is 1.96. The molecule has 2 nitrogen and oxygen atoms in total. The van der Waals surface area contributed by atoms with Gasteiger partial charge in [-0.1, -0.05) is 22.0 Å². The van der Waals surface area contributed by atoms with Crippen molar-refractivity contribution in [1.29, 1.82) is 0 Å². The van der Waals surface area contributed by atoms with Crippen LogP contribution in [0.25, 0.3) is 0 Å². The molecule has 0 aliphatic heterocycles. The molecule has 1 N–H and O–H groups in total. The lowest BCUT2D eigenvalue weighted by atomic mass is 10.3. The van der Waals surface area contributed by atoms with Gasteiger partial charge in [0, 0.05) is 11.5 Å². The highest BCUT2D eigenvalue weighted by atomic mass is 79.9. The van der Waals surface area contributed by atoms with E-state index in [1.54, 1.807) is 7.05 Å². The van der Waals surface area contributed by atoms with E-state index < -0.39 is 0 Å². The highest BCUT2D eigenvalue weighted by Crippen LogP contribution is 2.16. The maximum absolute atomic E-state index is 5.01. The van der Waals surface area contributed by atoms with Crippen LogP contribution < -0.4 is 10.3 Å². The largest absolute Gasteiger partial charge is 0.409 e. The summed E-state index contributed by atoms with van der Waals surface area (Å²) in [5, 5.41) is 0. The van der Waals surface area contributed by atoms with Gasteiger partial charge in [-0.15, -0.1) is 0 Å². The summed E-state index contributed by atoms with van der Waals surface area (Å²) in [6.45, 7) is 0. The minimum absolute atomic E-state index is 0.803. The number of nitrogens with one attached hydrogen (secondary N) is 1. The summed E-state index contributed by atoms with van der Waals surface area (Å²) in [5.41, 5.74) is 2.59. The van der Waals surface area contributed by atoms with Gasteiger partial charge in [0.15, 0.2) is 0 Å². The Balaban J connectivity index is 2.75. The molecule has 0 fully saturated rings. The second kappa shape index (κ2) is 3.58. The Kier molecular flexibility index (Phi) is 2.71. The van der Waals surface area contributed by atoms with Crippen LogP contribution in [0.4, 0.5) is 0 Å². The van der Waals surface area contributed by atoms with E-state index in [0.717, 1.165) is 10.2 Å². The summed E-state index contributed by atoms with van der Waals surface area (Å²) in [5.74, 6) is 0.803. The predicted molar refractivity (Wildman–Crippen MR) is 43.8 cm³/mol. The van der Waals surface area contributed by atoms with Crippen molar-refractivity contribution in [3.05, 3.63) is 28.7 Å². The first kappa shape index (κ1) is 7.57. The normalized spacial score (nSPS) is 9.40. The van der Waals surface area contributed by atoms with Gasteiger partial charge in [0.2, 0.25) is 0 Å². The molecule has 0 bridgehead atoms. The first-order valence-electron chi connectivity index (χ1n) is 2.92. The fraction of sp³-hybridized carbons (Fsp3) is 0.143. The molecule has 10 heavy (non-hydrogen) atoms. The molecule has 0 amide bonds. The highest BCUT2D eigenvalue weighted by Gasteiger charge is 1.90. The van der Waals surface area contributed by atoms with Crippen molar-refractivity contribution in [3.63, 3.8) is 0 Å². The van der Waals surface area contributed by atoms with E-state index >= 15 is 0 Å². The first-order chi connectivity index (χ1) is 4.83. The molecule has 1 aromatic carbocycles. The van der Waals surface area contributed by atoms with Crippen molar-refractivity contribution in [3.8, 4) is 5.75 Å². The van der Waals surface area contributed by atoms with Gasteiger partial charge >= 0.3 is 0 Å². The molecule has 0 spiro atoms. The van der Waals surface area contributed by atoms with Crippen LogP contribution in [0.5, 0.6) is 5.75 Å². The SMILES string of the molecule is CNOc1cccc(Br)c1. The lowest BCUT2D eigenvalue weighted by Gasteiger charge is -2.01. The third-order valence-corrected chi connectivity index (χ3v) is 1.51. The third-order valence-electron chi connectivity index (χ3n) is 1.02. The molecule has 0 aliphatic carbocycles. The van der Waals surface area contributed by atoms with E-state index in [1.165, 1.54) is 0 Å². The Morgan fingerprint density at radius 3 is 2.90 bits per heavy atom. The summed E-state index contributed by atoms with van der Waals surface area (Å²) in [6, 6.07) is 7.62. The number of benzene rings is 1. The van der Waals surface area contributed by atoms with Crippen LogP contribution in [0.2, 0.25) is 0 Å². The van der Waals surface area contributed by atoms with E-state index in [4.69, 9.17) is 4.84 Å². The average molecular weight is 202 g/mol. The zero-order valence-corrected chi connectivity index (χ0v) is 7.18. The van der Waals surface area contributed by atoms with Gasteiger partial charge in [-0.25, -0.2) is 0 Å². The first-order valence-corrected chi connectivity index (χ1v) is 3.71. The number of hydrogen-bond acceptors (Lipinski definition) is 2. The summed E-state index contributed by atoms with van der Waals surface area (Å²) < 4.78 is 1.01. The highest BCUT2D eigenvalue weighted by molar-refractivity contribution is 9.10. The number of halogens is 1. The smallest absolute Gasteiger partial charge is 0.148 e. The van der Waals surface area contributed by atoms with Crippen LogP contribution >= 0.6 is 15.9 Å². The molecule has 0 aromatic heterocycles. The molecule has 0 atom stereocenters. The van der Waals surface area contributed by atoms with Crippen molar-refractivity contribution in [2.75, 3.05) is 7.05 Å². The Morgan fingerprint density at radius 1 is 1.50 bits per heavy atom. The molecule has 54 valence electrons. The van der Waals surface area contributed by atoms with E-state index in [9.17, 15) is 0 Å². The van der Waals surface area contributed by atoms with E-state index in [1.807, 2.05) is 24.3 Å². The van der Waals surface area contributed by atoms with Crippen molar-refractivity contribution < 1.29 is 4.84 Å². The average Bonchev–Trinajstić information content (AvgIpc) is 1.88. The molecule has 0 aliphatic rings. The van der Waals surface area contributed by atoms with E-state index in [-0.39, 0.29) is 0 Å². The Bertz CT molecular complexity index is 215. The summed E-state index contributed by atoms with van der Waals surface area (Å²) >= 11 is 3.32. The van der Waals surface area contributed by atoms with Gasteiger partial charge in [0.05, 0.1) is 0 Å². The lowest BCUT2D eigenvalue weighted by Crippen LogP contribution is -2.10. The van der Waals surface area contributed by atoms with Crippen LogP contribution in [0.3, 0.4) is 0 Å². The number of hydroxylamine groups is 1. The van der Waals surface area contributed by atoms with Gasteiger partial charge in [0.25, 0.3) is 0 Å². The molecule has 3 heteroatoms. The quantitative estimate of drug-likeness (QED) is 0.740. The minimum Gasteiger partial charge on any atom is -0.409 e. The molecular formula is C7H8BrNO. The summed E-state index contributed by atoms with van der Waals surface area (Å²) in [4.78, 5) is 5.01. The molecule has 0 radical (unpaired) electrons. The van der Waals surface area contributed by atoms with Crippen molar-refractivity contribution in [1.82, 2.24) is 5.48 Å². The fourth-order valence-corrected chi connectivity index (χ4v) is 1.03. The summed E-state index contributed by atoms with van der Waals surface area (Å²) in [6.07, 6.45) is 0. The fourth-order valence-electron chi connectivity index (χ4n) is 0.648. The van der Waals surface area contributed by atoms with Crippen LogP contribution in [-0.4, -0.2) is 7.05 Å². The second-order valence-electron chi connectivity index (χ2n) is 1.76. The second-order valence-corrected chi connectivity index (χ2v) is 2.68. The van der Waals surface area contributed by atoms with Gasteiger partial charge < -0.3 is 4.84 Å². The lowest BCUT2D eigenvalue weighted by molar-refractivity contribution is 0.223. The minimum atomic E-state index is 0.803. The number of rotatable bonds is 2. The van der Waals surface area contributed by atoms with E-state index in [2.05, 4.69) is 21.4 Å². The molecule has 0 heterocycles. The van der Waals surface area contributed by atoms with Gasteiger partial charge in [-0.3, -0.25) is 0 Å². The van der Waals surface area contributed by atoms with Crippen LogP contribution in [0.15, 0.2) is 28.7 Å². The van der Waals surface area contributed by atoms with Crippen LogP contribution in [0, 0.1) is 0 Å². The number of hydrogen-bond donors (Lipinski definition) is 1. The monoisotopic (exact) mass is 201 g/mol. The zero-order valence-electron chi connectivity index (χ0n) is 5.60. The molecule has 1 rings (SSSR count). The molecule has 0 saturated carbocycles. The van der Waals surface area contributed by atoms with Crippen molar-refractivity contribution in [2.45, 2.75) is 0 Å². The van der Waals surface area contributed by atoms with E-state index in [0.29, 0.717) is 0 Å². The molecule has 1 aromatic rings. The Hall–Kier alpha value is -0.540. The van der Waals surface area contributed by atoms with Gasteiger partial charge in [0.1, 0.15) is 5.75 Å². The molecular weight excluding hydrogens is 194 g/mol. The zero-order chi connectivity index (χ0) is 7.40. The summed E-state index contributed by atoms with van der Waals surface area (Å²) in [7, 11) is 1.72. The van der Waals surface area contributed by atoms with Gasteiger partial charge in [-0.05, 0) is 18.2 Å². The Labute approximate surface area is 68.3 Å².